The Morgan fingerprint density at radius 3 is 2.36 bits per heavy atom. The molecule has 6 nitrogen and oxygen atoms in total. The molecule has 0 spiro atoms. The average molecular weight is 377 g/mol. The van der Waals surface area contributed by atoms with Gasteiger partial charge in [-0.1, -0.05) is 53.7 Å². The highest BCUT2D eigenvalue weighted by Gasteiger charge is 2.10. The lowest BCUT2D eigenvalue weighted by Crippen LogP contribution is -2.01. The lowest BCUT2D eigenvalue weighted by Gasteiger charge is -2.04. The summed E-state index contributed by atoms with van der Waals surface area (Å²) in [5.74, 6) is 0.663. The van der Waals surface area contributed by atoms with Crippen LogP contribution in [0.15, 0.2) is 59.9 Å². The van der Waals surface area contributed by atoms with E-state index in [9.17, 15) is 4.79 Å². The zero-order chi connectivity index (χ0) is 20.1. The van der Waals surface area contributed by atoms with E-state index in [1.165, 1.54) is 7.11 Å². The molecule has 28 heavy (non-hydrogen) atoms. The Kier molecular flexibility index (Phi) is 5.89. The first-order valence-corrected chi connectivity index (χ1v) is 9.00. The van der Waals surface area contributed by atoms with Crippen molar-refractivity contribution in [1.82, 2.24) is 9.55 Å². The minimum atomic E-state index is -0.204. The highest BCUT2D eigenvalue weighted by molar-refractivity contribution is 5.98. The molecule has 0 radical (unpaired) electrons. The van der Waals surface area contributed by atoms with E-state index < -0.39 is 0 Å². The molecule has 1 N–H and O–H groups in total. The van der Waals surface area contributed by atoms with Crippen molar-refractivity contribution in [1.29, 1.82) is 0 Å². The van der Waals surface area contributed by atoms with Gasteiger partial charge >= 0.3 is 5.97 Å². The third-order valence-electron chi connectivity index (χ3n) is 4.68. The summed E-state index contributed by atoms with van der Waals surface area (Å²) in [5, 5.41) is 12.1. The van der Waals surface area contributed by atoms with Gasteiger partial charge in [0.2, 0.25) is 0 Å². The van der Waals surface area contributed by atoms with E-state index in [0.29, 0.717) is 18.6 Å². The van der Waals surface area contributed by atoms with Gasteiger partial charge in [0.05, 0.1) is 18.5 Å². The molecule has 0 aliphatic rings. The van der Waals surface area contributed by atoms with E-state index in [-0.39, 0.29) is 5.97 Å². The van der Waals surface area contributed by atoms with Crippen LogP contribution in [0.4, 0.5) is 0 Å². The second kappa shape index (κ2) is 8.52. The lowest BCUT2D eigenvalue weighted by molar-refractivity contribution is -0.140. The van der Waals surface area contributed by atoms with Crippen LogP contribution in [0.25, 0.3) is 22.6 Å². The van der Waals surface area contributed by atoms with Gasteiger partial charge in [-0.05, 0) is 24.5 Å². The minimum absolute atomic E-state index is 0.204. The molecule has 0 saturated carbocycles. The number of aromatic nitrogens is 2. The maximum atomic E-state index is 11.3. The molecule has 0 saturated heterocycles. The van der Waals surface area contributed by atoms with Crippen molar-refractivity contribution in [3.63, 3.8) is 0 Å². The number of hydrogen-bond acceptors (Lipinski definition) is 5. The van der Waals surface area contributed by atoms with E-state index in [1.807, 2.05) is 66.3 Å². The molecule has 2 aromatic carbocycles. The Bertz CT molecular complexity index is 987. The zero-order valence-corrected chi connectivity index (χ0v) is 16.2. The van der Waals surface area contributed by atoms with E-state index in [0.717, 1.165) is 33.8 Å². The quantitative estimate of drug-likeness (QED) is 0.304. The predicted octanol–water partition coefficient (Wildman–Crippen LogP) is 4.06. The van der Waals surface area contributed by atoms with Gasteiger partial charge in [0, 0.05) is 30.8 Å². The van der Waals surface area contributed by atoms with Crippen LogP contribution < -0.4 is 0 Å². The van der Waals surface area contributed by atoms with Crippen molar-refractivity contribution in [2.75, 3.05) is 7.11 Å². The van der Waals surface area contributed by atoms with Crippen LogP contribution in [0, 0.1) is 0 Å². The van der Waals surface area contributed by atoms with Crippen LogP contribution in [-0.2, 0) is 23.0 Å². The summed E-state index contributed by atoms with van der Waals surface area (Å²) in [6, 6.07) is 15.8. The Hall–Kier alpha value is -3.41. The molecule has 0 fully saturated rings. The fourth-order valence-electron chi connectivity index (χ4n) is 2.98. The number of oxime groups is 1. The molecule has 0 unspecified atom stereocenters. The van der Waals surface area contributed by atoms with Crippen LogP contribution in [0.3, 0.4) is 0 Å². The molecule has 0 amide bonds. The smallest absolute Gasteiger partial charge is 0.305 e. The second-order valence-electron chi connectivity index (χ2n) is 6.60. The molecule has 0 aliphatic carbocycles. The monoisotopic (exact) mass is 377 g/mol. The summed E-state index contributed by atoms with van der Waals surface area (Å²) in [6.45, 7) is 1.75. The number of nitrogens with zero attached hydrogens (tertiary/aromatic N) is 3. The topological polar surface area (TPSA) is 76.7 Å². The average Bonchev–Trinajstić information content (AvgIpc) is 3.13. The Morgan fingerprint density at radius 1 is 1.11 bits per heavy atom. The summed E-state index contributed by atoms with van der Waals surface area (Å²) >= 11 is 0. The second-order valence-corrected chi connectivity index (χ2v) is 6.60. The molecule has 144 valence electrons. The van der Waals surface area contributed by atoms with Crippen molar-refractivity contribution in [3.8, 4) is 22.6 Å². The number of methoxy groups -OCH3 is 1. The molecule has 0 aliphatic heterocycles. The predicted molar refractivity (Wildman–Crippen MR) is 108 cm³/mol. The zero-order valence-electron chi connectivity index (χ0n) is 16.2. The van der Waals surface area contributed by atoms with Crippen LogP contribution in [0.1, 0.15) is 24.5 Å². The number of carbonyl (C=O) groups is 1. The van der Waals surface area contributed by atoms with Gasteiger partial charge in [0.15, 0.2) is 0 Å². The Labute approximate surface area is 164 Å². The molecule has 0 atom stereocenters. The van der Waals surface area contributed by atoms with Crippen molar-refractivity contribution in [2.45, 2.75) is 19.8 Å². The highest BCUT2D eigenvalue weighted by Crippen LogP contribution is 2.25. The van der Waals surface area contributed by atoms with Crippen molar-refractivity contribution in [2.24, 2.45) is 12.2 Å². The molecule has 6 heteroatoms. The fourth-order valence-corrected chi connectivity index (χ4v) is 2.98. The lowest BCUT2D eigenvalue weighted by atomic mass is 10.1. The summed E-state index contributed by atoms with van der Waals surface area (Å²) in [7, 11) is 3.37. The van der Waals surface area contributed by atoms with Gasteiger partial charge in [-0.15, -0.1) is 0 Å². The largest absolute Gasteiger partial charge is 0.469 e. The molecule has 1 heterocycles. The fraction of sp³-hybridized carbons (Fsp3) is 0.227. The molecule has 3 aromatic rings. The first kappa shape index (κ1) is 19.4. The van der Waals surface area contributed by atoms with Gasteiger partial charge in [-0.3, -0.25) is 4.79 Å². The van der Waals surface area contributed by atoms with Gasteiger partial charge in [0.1, 0.15) is 5.82 Å². The van der Waals surface area contributed by atoms with Crippen molar-refractivity contribution in [3.05, 3.63) is 65.9 Å². The molecular formula is C22H23N3O3. The van der Waals surface area contributed by atoms with Gasteiger partial charge in [-0.2, -0.15) is 0 Å². The number of rotatable bonds is 6. The summed E-state index contributed by atoms with van der Waals surface area (Å²) in [4.78, 5) is 16.0. The van der Waals surface area contributed by atoms with Gasteiger partial charge in [-0.25, -0.2) is 4.98 Å². The van der Waals surface area contributed by atoms with Gasteiger partial charge < -0.3 is 14.5 Å². The number of hydrogen-bond donors (Lipinski definition) is 1. The number of carbonyl (C=O) groups excluding carboxylic acids is 1. The maximum Gasteiger partial charge on any atom is 0.305 e. The normalized spacial score (nSPS) is 11.5. The number of esters is 1. The van der Waals surface area contributed by atoms with Crippen LogP contribution in [-0.4, -0.2) is 33.5 Å². The Morgan fingerprint density at radius 2 is 1.75 bits per heavy atom. The number of ether oxygens (including phenoxy) is 1. The summed E-state index contributed by atoms with van der Waals surface area (Å²) < 4.78 is 6.67. The summed E-state index contributed by atoms with van der Waals surface area (Å²) in [5.41, 5.74) is 5.39. The van der Waals surface area contributed by atoms with Crippen molar-refractivity contribution >= 4 is 11.7 Å². The van der Waals surface area contributed by atoms with E-state index in [1.54, 1.807) is 6.92 Å². The minimum Gasteiger partial charge on any atom is -0.469 e. The van der Waals surface area contributed by atoms with Crippen LogP contribution in [0.2, 0.25) is 0 Å². The number of aryl methyl sites for hydroxylation is 2. The molecule has 1 aromatic heterocycles. The van der Waals surface area contributed by atoms with Gasteiger partial charge in [0.25, 0.3) is 0 Å². The molecular weight excluding hydrogens is 354 g/mol. The maximum absolute atomic E-state index is 11.3. The molecule has 3 rings (SSSR count). The van der Waals surface area contributed by atoms with Crippen LogP contribution in [0.5, 0.6) is 0 Å². The van der Waals surface area contributed by atoms with E-state index in [2.05, 4.69) is 9.89 Å². The number of benzene rings is 2. The summed E-state index contributed by atoms with van der Waals surface area (Å²) in [6.07, 6.45) is 3.02. The van der Waals surface area contributed by atoms with E-state index in [4.69, 9.17) is 10.2 Å². The number of imidazole rings is 1. The highest BCUT2D eigenvalue weighted by atomic mass is 16.5. The third kappa shape index (κ3) is 4.28. The van der Waals surface area contributed by atoms with E-state index >= 15 is 0 Å². The standard InChI is InChI=1S/C22H23N3O3/c1-15(24-27)17-9-11-18(12-10-17)20-14-25(2)22(23-20)19-7-4-16(5-8-19)6-13-21(26)28-3/h4-5,7-12,14,27H,6,13H2,1-3H3. The SMILES string of the molecule is COC(=O)CCc1ccc(-c2nc(-c3ccc(C(C)=NO)cc3)cn2C)cc1. The van der Waals surface area contributed by atoms with Crippen LogP contribution >= 0.6 is 0 Å². The Balaban J connectivity index is 1.79. The molecule has 0 bridgehead atoms. The van der Waals surface area contributed by atoms with Crippen molar-refractivity contribution < 1.29 is 14.7 Å². The first-order chi connectivity index (χ1) is 13.5. The third-order valence-corrected chi connectivity index (χ3v) is 4.68. The first-order valence-electron chi connectivity index (χ1n) is 9.00.